The molecule has 0 saturated carbocycles. The van der Waals surface area contributed by atoms with Gasteiger partial charge in [-0.05, 0) is 31.4 Å². The predicted molar refractivity (Wildman–Crippen MR) is 127 cm³/mol. The van der Waals surface area contributed by atoms with Crippen molar-refractivity contribution in [2.24, 2.45) is 0 Å². The standard InChI is InChI=1S/C26H38O5/c1-4-6-8-10-11-12-13-15-18-29-21-16-17-22-23(20-21)31-26(27)25(28-3)24(22)30-19-14-9-7-5-2/h7,9,16-17,20H,4-6,8,10-15,18-19H2,1-3H3. The fourth-order valence-corrected chi connectivity index (χ4v) is 3.48. The molecule has 2 aromatic rings. The van der Waals surface area contributed by atoms with Crippen molar-refractivity contribution in [2.45, 2.75) is 78.1 Å². The Morgan fingerprint density at radius 3 is 2.32 bits per heavy atom. The lowest BCUT2D eigenvalue weighted by Crippen LogP contribution is -2.08. The van der Waals surface area contributed by atoms with E-state index in [0.717, 1.165) is 19.3 Å². The zero-order chi connectivity index (χ0) is 22.3. The van der Waals surface area contributed by atoms with Crippen molar-refractivity contribution in [3.05, 3.63) is 40.8 Å². The largest absolute Gasteiger partial charge is 0.493 e. The van der Waals surface area contributed by atoms with Crippen LogP contribution in [0, 0.1) is 0 Å². The lowest BCUT2D eigenvalue weighted by atomic mass is 10.1. The van der Waals surface area contributed by atoms with E-state index in [2.05, 4.69) is 26.0 Å². The summed E-state index contributed by atoms with van der Waals surface area (Å²) in [6, 6.07) is 5.50. The first-order chi connectivity index (χ1) is 15.2. The van der Waals surface area contributed by atoms with E-state index in [1.54, 1.807) is 6.07 Å². The smallest absolute Gasteiger partial charge is 0.383 e. The fraction of sp³-hybridized carbons (Fsp3) is 0.577. The molecule has 31 heavy (non-hydrogen) atoms. The highest BCUT2D eigenvalue weighted by Crippen LogP contribution is 2.34. The third-order valence-corrected chi connectivity index (χ3v) is 5.20. The van der Waals surface area contributed by atoms with Gasteiger partial charge in [-0.1, -0.05) is 70.9 Å². The van der Waals surface area contributed by atoms with Crippen molar-refractivity contribution < 1.29 is 18.6 Å². The van der Waals surface area contributed by atoms with Gasteiger partial charge in [-0.2, -0.15) is 0 Å². The summed E-state index contributed by atoms with van der Waals surface area (Å²) in [6.07, 6.45) is 16.0. The zero-order valence-electron chi connectivity index (χ0n) is 19.4. The van der Waals surface area contributed by atoms with Crippen LogP contribution in [0.3, 0.4) is 0 Å². The van der Waals surface area contributed by atoms with Gasteiger partial charge in [-0.25, -0.2) is 4.79 Å². The molecule has 1 heterocycles. The first kappa shape index (κ1) is 24.8. The van der Waals surface area contributed by atoms with E-state index >= 15 is 0 Å². The Labute approximate surface area is 186 Å². The van der Waals surface area contributed by atoms with Gasteiger partial charge in [-0.15, -0.1) is 0 Å². The van der Waals surface area contributed by atoms with Gasteiger partial charge >= 0.3 is 5.63 Å². The Morgan fingerprint density at radius 2 is 1.61 bits per heavy atom. The Kier molecular flexibility index (Phi) is 11.7. The van der Waals surface area contributed by atoms with Crippen LogP contribution < -0.4 is 19.8 Å². The molecule has 0 saturated heterocycles. The molecule has 1 aromatic carbocycles. The summed E-state index contributed by atoms with van der Waals surface area (Å²) in [5, 5.41) is 0.704. The van der Waals surface area contributed by atoms with Crippen LogP contribution >= 0.6 is 0 Å². The second-order valence-electron chi connectivity index (χ2n) is 7.75. The Bertz CT molecular complexity index is 853. The highest BCUT2D eigenvalue weighted by Gasteiger charge is 2.17. The number of unbranched alkanes of at least 4 members (excludes halogenated alkanes) is 7. The Balaban J connectivity index is 1.94. The van der Waals surface area contributed by atoms with Gasteiger partial charge in [0.25, 0.3) is 0 Å². The molecule has 5 heteroatoms. The van der Waals surface area contributed by atoms with Crippen LogP contribution in [0.5, 0.6) is 17.2 Å². The number of benzene rings is 1. The highest BCUT2D eigenvalue weighted by molar-refractivity contribution is 5.86. The average Bonchev–Trinajstić information content (AvgIpc) is 2.77. The van der Waals surface area contributed by atoms with Crippen molar-refractivity contribution in [3.63, 3.8) is 0 Å². The molecule has 0 bridgehead atoms. The third kappa shape index (κ3) is 8.31. The fourth-order valence-electron chi connectivity index (χ4n) is 3.48. The van der Waals surface area contributed by atoms with E-state index in [9.17, 15) is 4.79 Å². The van der Waals surface area contributed by atoms with Crippen LogP contribution in [0.2, 0.25) is 0 Å². The van der Waals surface area contributed by atoms with E-state index in [0.29, 0.717) is 35.7 Å². The lowest BCUT2D eigenvalue weighted by molar-refractivity contribution is 0.292. The molecule has 5 nitrogen and oxygen atoms in total. The van der Waals surface area contributed by atoms with Crippen LogP contribution in [0.1, 0.15) is 78.1 Å². The Hall–Kier alpha value is -2.43. The predicted octanol–water partition coefficient (Wildman–Crippen LogP) is 7.06. The first-order valence-electron chi connectivity index (χ1n) is 11.8. The minimum absolute atomic E-state index is 0.0968. The summed E-state index contributed by atoms with van der Waals surface area (Å²) >= 11 is 0. The monoisotopic (exact) mass is 430 g/mol. The minimum Gasteiger partial charge on any atom is -0.493 e. The first-order valence-corrected chi connectivity index (χ1v) is 11.8. The quantitative estimate of drug-likeness (QED) is 0.162. The average molecular weight is 431 g/mol. The molecule has 1 aromatic heterocycles. The number of methoxy groups -OCH3 is 1. The van der Waals surface area contributed by atoms with Crippen LogP contribution in [0.4, 0.5) is 0 Å². The summed E-state index contributed by atoms with van der Waals surface area (Å²) in [5.74, 6) is 1.22. The van der Waals surface area contributed by atoms with Crippen molar-refractivity contribution in [1.29, 1.82) is 0 Å². The highest BCUT2D eigenvalue weighted by atomic mass is 16.5. The molecule has 0 radical (unpaired) electrons. The number of fused-ring (bicyclic) bond motifs is 1. The molecule has 0 aliphatic rings. The van der Waals surface area contributed by atoms with Gasteiger partial charge in [0, 0.05) is 6.07 Å². The molecular weight excluding hydrogens is 392 g/mol. The van der Waals surface area contributed by atoms with Gasteiger partial charge in [0.2, 0.25) is 5.75 Å². The maximum Gasteiger partial charge on any atom is 0.383 e. The molecule has 0 fully saturated rings. The second kappa shape index (κ2) is 14.6. The lowest BCUT2D eigenvalue weighted by Gasteiger charge is -2.12. The summed E-state index contributed by atoms with van der Waals surface area (Å²) in [6.45, 7) is 5.45. The third-order valence-electron chi connectivity index (χ3n) is 5.20. The molecule has 172 valence electrons. The molecule has 0 amide bonds. The maximum absolute atomic E-state index is 12.3. The number of hydrogen-bond donors (Lipinski definition) is 0. The molecule has 0 atom stereocenters. The van der Waals surface area contributed by atoms with E-state index < -0.39 is 5.63 Å². The van der Waals surface area contributed by atoms with E-state index in [4.69, 9.17) is 18.6 Å². The Morgan fingerprint density at radius 1 is 0.871 bits per heavy atom. The minimum atomic E-state index is -0.547. The van der Waals surface area contributed by atoms with Gasteiger partial charge in [0.15, 0.2) is 5.75 Å². The summed E-state index contributed by atoms with van der Waals surface area (Å²) in [4.78, 5) is 12.3. The van der Waals surface area contributed by atoms with Gasteiger partial charge < -0.3 is 18.6 Å². The van der Waals surface area contributed by atoms with Gasteiger partial charge in [0.1, 0.15) is 11.3 Å². The van der Waals surface area contributed by atoms with Gasteiger partial charge in [0.05, 0.1) is 25.7 Å². The molecule has 2 rings (SSSR count). The van der Waals surface area contributed by atoms with Crippen molar-refractivity contribution in [3.8, 4) is 17.2 Å². The second-order valence-corrected chi connectivity index (χ2v) is 7.75. The summed E-state index contributed by atoms with van der Waals surface area (Å²) in [7, 11) is 1.45. The molecule has 0 spiro atoms. The topological polar surface area (TPSA) is 57.9 Å². The van der Waals surface area contributed by atoms with Crippen LogP contribution in [0.15, 0.2) is 39.6 Å². The number of hydrogen-bond acceptors (Lipinski definition) is 5. The molecule has 0 N–H and O–H groups in total. The molecule has 0 unspecified atom stereocenters. The number of allylic oxidation sites excluding steroid dienone is 1. The maximum atomic E-state index is 12.3. The summed E-state index contributed by atoms with van der Waals surface area (Å²) < 4.78 is 22.5. The van der Waals surface area contributed by atoms with Gasteiger partial charge in [-0.3, -0.25) is 0 Å². The normalized spacial score (nSPS) is 11.3. The van der Waals surface area contributed by atoms with Crippen LogP contribution in [0.25, 0.3) is 11.0 Å². The van der Waals surface area contributed by atoms with Crippen LogP contribution in [-0.4, -0.2) is 20.3 Å². The molecule has 0 aliphatic carbocycles. The zero-order valence-corrected chi connectivity index (χ0v) is 19.4. The summed E-state index contributed by atoms with van der Waals surface area (Å²) in [5.41, 5.74) is -0.104. The number of rotatable bonds is 16. The van der Waals surface area contributed by atoms with E-state index in [1.807, 2.05) is 12.1 Å². The van der Waals surface area contributed by atoms with Crippen LogP contribution in [-0.2, 0) is 0 Å². The SMILES string of the molecule is CCC=CCCOc1c(OC)c(=O)oc2cc(OCCCCCCCCCC)ccc12. The van der Waals surface area contributed by atoms with Crippen molar-refractivity contribution in [2.75, 3.05) is 20.3 Å². The number of ether oxygens (including phenoxy) is 3. The van der Waals surface area contributed by atoms with E-state index in [-0.39, 0.29) is 5.75 Å². The van der Waals surface area contributed by atoms with Crippen molar-refractivity contribution >= 4 is 11.0 Å². The molecular formula is C26H38O5. The molecule has 0 aliphatic heterocycles. The van der Waals surface area contributed by atoms with Crippen molar-refractivity contribution in [1.82, 2.24) is 0 Å². The van der Waals surface area contributed by atoms with E-state index in [1.165, 1.54) is 52.1 Å².